The van der Waals surface area contributed by atoms with Gasteiger partial charge >= 0.3 is 5.97 Å². The fourth-order valence-electron chi connectivity index (χ4n) is 2.48. The van der Waals surface area contributed by atoms with E-state index in [1.54, 1.807) is 12.1 Å². The number of carbonyl (C=O) groups is 2. The van der Waals surface area contributed by atoms with Gasteiger partial charge in [-0.1, -0.05) is 28.1 Å². The molecule has 0 fully saturated rings. The van der Waals surface area contributed by atoms with Crippen molar-refractivity contribution in [3.8, 4) is 22.8 Å². The minimum atomic E-state index is -0.622. The second-order valence-electron chi connectivity index (χ2n) is 5.74. The van der Waals surface area contributed by atoms with Crippen molar-refractivity contribution in [2.45, 2.75) is 0 Å². The molecule has 0 spiro atoms. The van der Waals surface area contributed by atoms with Gasteiger partial charge in [0, 0.05) is 15.4 Å². The molecule has 1 aliphatic heterocycles. The lowest BCUT2D eigenvalue weighted by Gasteiger charge is -2.05. The Morgan fingerprint density at radius 1 is 1.14 bits per heavy atom. The summed E-state index contributed by atoms with van der Waals surface area (Å²) >= 11 is 4.68. The fraction of sp³-hybridized carbons (Fsp3) is 0.105. The molecule has 2 aromatic carbocycles. The molecule has 3 aromatic rings. The number of hydrogen-bond donors (Lipinski definition) is 1. The highest BCUT2D eigenvalue weighted by atomic mass is 79.9. The molecule has 2 heterocycles. The highest BCUT2D eigenvalue weighted by molar-refractivity contribution is 9.10. The van der Waals surface area contributed by atoms with E-state index in [4.69, 9.17) is 14.2 Å². The zero-order chi connectivity index (χ0) is 19.5. The lowest BCUT2D eigenvalue weighted by Crippen LogP contribution is -2.20. The van der Waals surface area contributed by atoms with E-state index in [0.29, 0.717) is 16.6 Å². The molecule has 0 atom stereocenters. The molecule has 9 heteroatoms. The topological polar surface area (TPSA) is 86.8 Å². The third kappa shape index (κ3) is 4.15. The van der Waals surface area contributed by atoms with E-state index in [9.17, 15) is 9.59 Å². The molecule has 28 heavy (non-hydrogen) atoms. The van der Waals surface area contributed by atoms with Gasteiger partial charge in [0.15, 0.2) is 23.2 Å². The zero-order valence-corrected chi connectivity index (χ0v) is 16.7. The van der Waals surface area contributed by atoms with E-state index in [1.165, 1.54) is 17.4 Å². The second kappa shape index (κ2) is 7.99. The Bertz CT molecular complexity index is 1040. The summed E-state index contributed by atoms with van der Waals surface area (Å²) in [6, 6.07) is 12.4. The number of aromatic nitrogens is 1. The Morgan fingerprint density at radius 2 is 1.93 bits per heavy atom. The lowest BCUT2D eigenvalue weighted by molar-refractivity contribution is -0.119. The molecular formula is C19H13BrN2O5S. The highest BCUT2D eigenvalue weighted by Crippen LogP contribution is 2.32. The van der Waals surface area contributed by atoms with Crippen LogP contribution in [-0.4, -0.2) is 30.3 Å². The maximum atomic E-state index is 12.1. The molecule has 0 saturated carbocycles. The van der Waals surface area contributed by atoms with E-state index < -0.39 is 18.5 Å². The van der Waals surface area contributed by atoms with Crippen LogP contribution in [0, 0.1) is 0 Å². The van der Waals surface area contributed by atoms with Crippen LogP contribution in [0.15, 0.2) is 52.3 Å². The first-order chi connectivity index (χ1) is 13.6. The van der Waals surface area contributed by atoms with Crippen molar-refractivity contribution in [3.05, 3.63) is 57.9 Å². The number of hydrogen-bond acceptors (Lipinski definition) is 7. The van der Waals surface area contributed by atoms with E-state index in [-0.39, 0.29) is 12.4 Å². The first kappa shape index (κ1) is 18.5. The number of rotatable bonds is 5. The number of nitrogens with zero attached hydrogens (tertiary/aromatic N) is 1. The summed E-state index contributed by atoms with van der Waals surface area (Å²) in [7, 11) is 0. The van der Waals surface area contributed by atoms with Gasteiger partial charge in [-0.3, -0.25) is 10.1 Å². The van der Waals surface area contributed by atoms with Gasteiger partial charge in [-0.25, -0.2) is 9.78 Å². The quantitative estimate of drug-likeness (QED) is 0.576. The largest absolute Gasteiger partial charge is 0.454 e. The number of thiazole rings is 1. The van der Waals surface area contributed by atoms with Crippen molar-refractivity contribution in [2.24, 2.45) is 0 Å². The van der Waals surface area contributed by atoms with Crippen LogP contribution in [0.3, 0.4) is 0 Å². The van der Waals surface area contributed by atoms with Crippen LogP contribution in [0.1, 0.15) is 10.4 Å². The van der Waals surface area contributed by atoms with Crippen LogP contribution < -0.4 is 14.8 Å². The number of ether oxygens (including phenoxy) is 3. The number of nitrogens with one attached hydrogen (secondary N) is 1. The molecule has 0 bridgehead atoms. The van der Waals surface area contributed by atoms with Gasteiger partial charge in [0.05, 0.1) is 11.3 Å². The Kier molecular flexibility index (Phi) is 5.27. The first-order valence-electron chi connectivity index (χ1n) is 8.16. The molecule has 1 N–H and O–H groups in total. The molecule has 4 rings (SSSR count). The molecule has 0 radical (unpaired) electrons. The highest BCUT2D eigenvalue weighted by Gasteiger charge is 2.18. The summed E-state index contributed by atoms with van der Waals surface area (Å²) in [6.45, 7) is -0.299. The molecule has 7 nitrogen and oxygen atoms in total. The predicted octanol–water partition coefficient (Wildman–Crippen LogP) is 4.10. The van der Waals surface area contributed by atoms with Crippen LogP contribution in [-0.2, 0) is 9.53 Å². The van der Waals surface area contributed by atoms with Crippen LogP contribution in [0.25, 0.3) is 11.3 Å². The average Bonchev–Trinajstić information content (AvgIpc) is 3.35. The van der Waals surface area contributed by atoms with Gasteiger partial charge in [-0.15, -0.1) is 11.3 Å². The molecule has 142 valence electrons. The van der Waals surface area contributed by atoms with Crippen molar-refractivity contribution in [2.75, 3.05) is 18.7 Å². The van der Waals surface area contributed by atoms with E-state index in [1.807, 2.05) is 29.6 Å². The van der Waals surface area contributed by atoms with Crippen molar-refractivity contribution in [3.63, 3.8) is 0 Å². The second-order valence-corrected chi connectivity index (χ2v) is 7.51. The first-order valence-corrected chi connectivity index (χ1v) is 9.84. The Balaban J connectivity index is 1.32. The third-order valence-corrected chi connectivity index (χ3v) is 5.12. The fourth-order valence-corrected chi connectivity index (χ4v) is 3.48. The van der Waals surface area contributed by atoms with Gasteiger partial charge in [0.1, 0.15) is 0 Å². The predicted molar refractivity (Wildman–Crippen MR) is 107 cm³/mol. The number of fused-ring (bicyclic) bond motifs is 1. The van der Waals surface area contributed by atoms with Crippen LogP contribution >= 0.6 is 27.3 Å². The van der Waals surface area contributed by atoms with E-state index in [2.05, 4.69) is 26.2 Å². The van der Waals surface area contributed by atoms with E-state index in [0.717, 1.165) is 15.7 Å². The molecule has 0 saturated heterocycles. The monoisotopic (exact) mass is 460 g/mol. The maximum absolute atomic E-state index is 12.1. The number of halogens is 1. The maximum Gasteiger partial charge on any atom is 0.338 e. The van der Waals surface area contributed by atoms with Crippen LogP contribution in [0.2, 0.25) is 0 Å². The molecule has 0 unspecified atom stereocenters. The Labute approximate surface area is 172 Å². The van der Waals surface area contributed by atoms with Crippen molar-refractivity contribution in [1.82, 2.24) is 4.98 Å². The summed E-state index contributed by atoms with van der Waals surface area (Å²) in [5.41, 5.74) is 1.98. The summed E-state index contributed by atoms with van der Waals surface area (Å²) in [4.78, 5) is 28.5. The van der Waals surface area contributed by atoms with E-state index >= 15 is 0 Å². The smallest absolute Gasteiger partial charge is 0.338 e. The van der Waals surface area contributed by atoms with Crippen LogP contribution in [0.5, 0.6) is 11.5 Å². The number of amides is 1. The minimum Gasteiger partial charge on any atom is -0.454 e. The summed E-state index contributed by atoms with van der Waals surface area (Å²) < 4.78 is 16.4. The van der Waals surface area contributed by atoms with Gasteiger partial charge in [-0.2, -0.15) is 0 Å². The molecule has 1 aliphatic rings. The molecule has 1 amide bonds. The molecular weight excluding hydrogens is 448 g/mol. The average molecular weight is 461 g/mol. The van der Waals surface area contributed by atoms with Crippen molar-refractivity contribution >= 4 is 44.3 Å². The van der Waals surface area contributed by atoms with Gasteiger partial charge < -0.3 is 14.2 Å². The Morgan fingerprint density at radius 3 is 2.75 bits per heavy atom. The number of carbonyl (C=O) groups excluding carboxylic acids is 2. The van der Waals surface area contributed by atoms with Crippen LogP contribution in [0.4, 0.5) is 5.13 Å². The number of benzene rings is 2. The van der Waals surface area contributed by atoms with Gasteiger partial charge in [-0.05, 0) is 30.3 Å². The lowest BCUT2D eigenvalue weighted by atomic mass is 10.2. The summed E-state index contributed by atoms with van der Waals surface area (Å²) in [5, 5.41) is 4.91. The van der Waals surface area contributed by atoms with Gasteiger partial charge in [0.25, 0.3) is 5.91 Å². The third-order valence-electron chi connectivity index (χ3n) is 3.83. The summed E-state index contributed by atoms with van der Waals surface area (Å²) in [6.07, 6.45) is 0. The number of esters is 1. The van der Waals surface area contributed by atoms with Crippen molar-refractivity contribution < 1.29 is 23.8 Å². The molecule has 1 aromatic heterocycles. The van der Waals surface area contributed by atoms with Gasteiger partial charge in [0.2, 0.25) is 6.79 Å². The normalized spacial score (nSPS) is 11.9. The Hall–Kier alpha value is -2.91. The SMILES string of the molecule is O=C(COC(=O)c1ccc2c(c1)OCO2)Nc1nc(-c2ccc(Br)cc2)cs1. The standard InChI is InChI=1S/C19H13BrN2O5S/c20-13-4-1-11(2-5-13)14-9-28-19(21-14)22-17(23)8-25-18(24)12-3-6-15-16(7-12)27-10-26-15/h1-7,9H,8,10H2,(H,21,22,23). The van der Waals surface area contributed by atoms with Crippen molar-refractivity contribution in [1.29, 1.82) is 0 Å². The zero-order valence-electron chi connectivity index (χ0n) is 14.3. The number of anilines is 1. The summed E-state index contributed by atoms with van der Waals surface area (Å²) in [5.74, 6) is -0.0456. The molecule has 0 aliphatic carbocycles. The minimum absolute atomic E-state index is 0.117.